The van der Waals surface area contributed by atoms with Crippen molar-refractivity contribution in [1.29, 1.82) is 0 Å². The molecule has 2 fully saturated rings. The zero-order valence-electron chi connectivity index (χ0n) is 13.8. The molecule has 0 bridgehead atoms. The quantitative estimate of drug-likeness (QED) is 0.935. The highest BCUT2D eigenvalue weighted by Gasteiger charge is 2.37. The average Bonchev–Trinajstić information content (AvgIpc) is 3.25. The maximum atomic E-state index is 10.3. The van der Waals surface area contributed by atoms with Gasteiger partial charge < -0.3 is 14.4 Å². The van der Waals surface area contributed by atoms with Gasteiger partial charge in [-0.15, -0.1) is 0 Å². The molecular weight excluding hydrogens is 304 g/mol. The van der Waals surface area contributed by atoms with Crippen molar-refractivity contribution in [1.82, 2.24) is 10.1 Å². The number of benzene rings is 1. The van der Waals surface area contributed by atoms with E-state index >= 15 is 0 Å². The summed E-state index contributed by atoms with van der Waals surface area (Å²) in [5.74, 6) is 1.11. The number of aliphatic hydroxyl groups is 1. The Labute approximate surface area is 142 Å². The lowest BCUT2D eigenvalue weighted by atomic mass is 9.94. The van der Waals surface area contributed by atoms with E-state index in [4.69, 9.17) is 9.26 Å². The predicted octanol–water partition coefficient (Wildman–Crippen LogP) is 2.70. The highest BCUT2D eigenvalue weighted by molar-refractivity contribution is 5.56. The van der Waals surface area contributed by atoms with Gasteiger partial charge >= 0.3 is 0 Å². The zero-order valence-corrected chi connectivity index (χ0v) is 13.8. The summed E-state index contributed by atoms with van der Waals surface area (Å²) in [5.41, 5.74) is 1.98. The van der Waals surface area contributed by atoms with Crippen LogP contribution in [0.15, 0.2) is 40.9 Å². The van der Waals surface area contributed by atoms with Gasteiger partial charge in [0.25, 0.3) is 0 Å². The fraction of sp³-hybridized carbons (Fsp3) is 0.526. The highest BCUT2D eigenvalue weighted by Crippen LogP contribution is 2.33. The van der Waals surface area contributed by atoms with Crippen LogP contribution in [0.2, 0.25) is 0 Å². The molecule has 1 aromatic carbocycles. The van der Waals surface area contributed by atoms with Crippen LogP contribution in [0.3, 0.4) is 0 Å². The van der Waals surface area contributed by atoms with Crippen LogP contribution in [0.1, 0.15) is 25.0 Å². The number of ether oxygens (including phenoxy) is 1. The Kier molecular flexibility index (Phi) is 4.65. The number of aromatic nitrogens is 1. The van der Waals surface area contributed by atoms with Crippen molar-refractivity contribution >= 4 is 0 Å². The van der Waals surface area contributed by atoms with Crippen molar-refractivity contribution in [3.05, 3.63) is 42.1 Å². The Morgan fingerprint density at radius 3 is 2.88 bits per heavy atom. The van der Waals surface area contributed by atoms with Crippen molar-refractivity contribution in [3.63, 3.8) is 0 Å². The van der Waals surface area contributed by atoms with Crippen LogP contribution in [0.5, 0.6) is 0 Å². The van der Waals surface area contributed by atoms with E-state index in [1.807, 2.05) is 36.4 Å². The number of rotatable bonds is 4. The molecule has 5 nitrogen and oxygen atoms in total. The summed E-state index contributed by atoms with van der Waals surface area (Å²) in [7, 11) is 0. The second-order valence-corrected chi connectivity index (χ2v) is 6.82. The summed E-state index contributed by atoms with van der Waals surface area (Å²) in [4.78, 5) is 2.40. The van der Waals surface area contributed by atoms with Gasteiger partial charge in [-0.3, -0.25) is 4.90 Å². The first-order valence-corrected chi connectivity index (χ1v) is 8.82. The molecule has 0 radical (unpaired) electrons. The molecule has 2 heterocycles. The largest absolute Gasteiger partial charge is 0.393 e. The van der Waals surface area contributed by atoms with Gasteiger partial charge in [-0.25, -0.2) is 0 Å². The fourth-order valence-electron chi connectivity index (χ4n) is 4.00. The Morgan fingerprint density at radius 2 is 2.08 bits per heavy atom. The van der Waals surface area contributed by atoms with Gasteiger partial charge in [0, 0.05) is 36.7 Å². The van der Waals surface area contributed by atoms with E-state index in [0.717, 1.165) is 56.0 Å². The molecule has 1 saturated carbocycles. The van der Waals surface area contributed by atoms with Crippen molar-refractivity contribution in [2.24, 2.45) is 5.92 Å². The topological polar surface area (TPSA) is 58.7 Å². The Balaban J connectivity index is 1.48. The van der Waals surface area contributed by atoms with Crippen LogP contribution in [0.25, 0.3) is 11.3 Å². The SMILES string of the molecule is O[C@@H]1CCC[C@H]1[C@@H]1COCCN1Cc1cc(-c2ccccc2)on1. The summed E-state index contributed by atoms with van der Waals surface area (Å²) in [6.45, 7) is 3.06. The van der Waals surface area contributed by atoms with Gasteiger partial charge in [-0.05, 0) is 12.8 Å². The lowest BCUT2D eigenvalue weighted by Gasteiger charge is -2.39. The predicted molar refractivity (Wildman–Crippen MR) is 90.3 cm³/mol. The molecule has 5 heteroatoms. The second-order valence-electron chi connectivity index (χ2n) is 6.82. The minimum Gasteiger partial charge on any atom is -0.393 e. The molecule has 0 amide bonds. The van der Waals surface area contributed by atoms with Crippen LogP contribution in [0.4, 0.5) is 0 Å². The van der Waals surface area contributed by atoms with Gasteiger partial charge in [0.1, 0.15) is 0 Å². The molecule has 2 aliphatic rings. The smallest absolute Gasteiger partial charge is 0.167 e. The third-order valence-electron chi connectivity index (χ3n) is 5.29. The summed E-state index contributed by atoms with van der Waals surface area (Å²) in [5, 5.41) is 14.5. The molecule has 2 aromatic rings. The van der Waals surface area contributed by atoms with Gasteiger partial charge in [0.05, 0.1) is 25.0 Å². The molecule has 24 heavy (non-hydrogen) atoms. The van der Waals surface area contributed by atoms with Crippen LogP contribution in [0, 0.1) is 5.92 Å². The van der Waals surface area contributed by atoms with E-state index in [2.05, 4.69) is 10.1 Å². The first-order chi connectivity index (χ1) is 11.8. The second kappa shape index (κ2) is 7.05. The highest BCUT2D eigenvalue weighted by atomic mass is 16.5. The van der Waals surface area contributed by atoms with Crippen LogP contribution in [-0.2, 0) is 11.3 Å². The van der Waals surface area contributed by atoms with Gasteiger partial charge in [-0.2, -0.15) is 0 Å². The summed E-state index contributed by atoms with van der Waals surface area (Å²) in [6, 6.07) is 12.3. The Bertz CT molecular complexity index is 658. The Hall–Kier alpha value is -1.69. The molecule has 0 unspecified atom stereocenters. The minimum absolute atomic E-state index is 0.198. The van der Waals surface area contributed by atoms with Crippen molar-refractivity contribution in [3.8, 4) is 11.3 Å². The van der Waals surface area contributed by atoms with E-state index in [1.165, 1.54) is 0 Å². The molecule has 1 N–H and O–H groups in total. The molecule has 1 saturated heterocycles. The van der Waals surface area contributed by atoms with E-state index in [1.54, 1.807) is 0 Å². The maximum absolute atomic E-state index is 10.3. The standard InChI is InChI=1S/C19H24N2O3/c22-18-8-4-7-16(18)17-13-23-10-9-21(17)12-15-11-19(24-20-15)14-5-2-1-3-6-14/h1-3,5-6,11,16-18,22H,4,7-10,12-13H2/t16-,17-,18+/m0/s1. The average molecular weight is 328 g/mol. The van der Waals surface area contributed by atoms with Gasteiger partial charge in [0.15, 0.2) is 5.76 Å². The first-order valence-electron chi connectivity index (χ1n) is 8.82. The summed E-state index contributed by atoms with van der Waals surface area (Å²) < 4.78 is 11.2. The number of hydrogen-bond donors (Lipinski definition) is 1. The number of aliphatic hydroxyl groups excluding tert-OH is 1. The molecule has 4 rings (SSSR count). The lowest BCUT2D eigenvalue weighted by molar-refractivity contribution is -0.0543. The van der Waals surface area contributed by atoms with Crippen LogP contribution in [-0.4, -0.2) is 47.1 Å². The van der Waals surface area contributed by atoms with E-state index in [9.17, 15) is 5.11 Å². The number of morpholine rings is 1. The molecule has 1 aliphatic heterocycles. The van der Waals surface area contributed by atoms with Gasteiger partial charge in [-0.1, -0.05) is 41.9 Å². The molecule has 1 aromatic heterocycles. The molecule has 1 aliphatic carbocycles. The monoisotopic (exact) mass is 328 g/mol. The van der Waals surface area contributed by atoms with Gasteiger partial charge in [0.2, 0.25) is 0 Å². The number of nitrogens with zero attached hydrogens (tertiary/aromatic N) is 2. The first kappa shape index (κ1) is 15.8. The zero-order chi connectivity index (χ0) is 16.4. The summed E-state index contributed by atoms with van der Waals surface area (Å²) >= 11 is 0. The van der Waals surface area contributed by atoms with Crippen LogP contribution < -0.4 is 0 Å². The Morgan fingerprint density at radius 1 is 1.21 bits per heavy atom. The van der Waals surface area contributed by atoms with Crippen LogP contribution >= 0.6 is 0 Å². The normalized spacial score (nSPS) is 28.3. The van der Waals surface area contributed by atoms with Crippen molar-refractivity contribution in [2.75, 3.05) is 19.8 Å². The molecule has 128 valence electrons. The molecular formula is C19H24N2O3. The number of hydrogen-bond acceptors (Lipinski definition) is 5. The van der Waals surface area contributed by atoms with Crippen molar-refractivity contribution in [2.45, 2.75) is 38.0 Å². The lowest BCUT2D eigenvalue weighted by Crippen LogP contribution is -2.50. The van der Waals surface area contributed by atoms with E-state index < -0.39 is 0 Å². The minimum atomic E-state index is -0.198. The molecule has 3 atom stereocenters. The third-order valence-corrected chi connectivity index (χ3v) is 5.29. The molecule has 0 spiro atoms. The summed E-state index contributed by atoms with van der Waals surface area (Å²) in [6.07, 6.45) is 2.91. The third kappa shape index (κ3) is 3.24. The fourth-order valence-corrected chi connectivity index (χ4v) is 4.00. The maximum Gasteiger partial charge on any atom is 0.167 e. The van der Waals surface area contributed by atoms with Crippen molar-refractivity contribution < 1.29 is 14.4 Å². The van der Waals surface area contributed by atoms with E-state index in [0.29, 0.717) is 12.5 Å². The van der Waals surface area contributed by atoms with E-state index in [-0.39, 0.29) is 12.1 Å².